The maximum atomic E-state index is 12.4. The molecule has 0 fully saturated rings. The Bertz CT molecular complexity index is 1090. The molecule has 2 unspecified atom stereocenters. The fourth-order valence-corrected chi connectivity index (χ4v) is 9.08. The number of nitrogens with one attached hydrogen (secondary N) is 1. The van der Waals surface area contributed by atoms with Crippen molar-refractivity contribution in [2.24, 2.45) is 0 Å². The van der Waals surface area contributed by atoms with Gasteiger partial charge in [0.25, 0.3) is 0 Å². The van der Waals surface area contributed by atoms with Crippen LogP contribution in [0.25, 0.3) is 0 Å². The van der Waals surface area contributed by atoms with E-state index in [1.807, 2.05) is 0 Å². The maximum Gasteiger partial charge on any atom is 0.305 e. The van der Waals surface area contributed by atoms with E-state index in [0.717, 1.165) is 51.4 Å². The minimum Gasteiger partial charge on any atom is -0.466 e. The first-order valence-electron chi connectivity index (χ1n) is 29.7. The largest absolute Gasteiger partial charge is 0.466 e. The second kappa shape index (κ2) is 56.7. The highest BCUT2D eigenvalue weighted by Crippen LogP contribution is 2.17. The van der Waals surface area contributed by atoms with Gasteiger partial charge in [0.15, 0.2) is 0 Å². The second-order valence-electron chi connectivity index (χ2n) is 20.3. The molecule has 0 bridgehead atoms. The van der Waals surface area contributed by atoms with Gasteiger partial charge in [-0.05, 0) is 83.5 Å². The SMILES string of the molecule is CCCCC/C=C\C/C=C\CCCCCCCCCCCC(=O)OCCCCCCCCCC/C=C\CCCCCCCCCC(=O)NC(CO)C(O)CCCCCCCCCCCCCC. The van der Waals surface area contributed by atoms with Crippen molar-refractivity contribution >= 4 is 11.9 Å². The predicted molar refractivity (Wildman–Crippen MR) is 292 cm³/mol. The highest BCUT2D eigenvalue weighted by atomic mass is 16.5. The fourth-order valence-electron chi connectivity index (χ4n) is 9.08. The molecule has 6 heteroatoms. The van der Waals surface area contributed by atoms with Crippen molar-refractivity contribution < 1.29 is 24.5 Å². The van der Waals surface area contributed by atoms with E-state index < -0.39 is 12.1 Å². The molecular weight excluding hydrogens is 827 g/mol. The molecule has 394 valence electrons. The first-order valence-corrected chi connectivity index (χ1v) is 29.7. The average molecular weight is 943 g/mol. The lowest BCUT2D eigenvalue weighted by molar-refractivity contribution is -0.143. The zero-order valence-electron chi connectivity index (χ0n) is 44.9. The molecule has 0 saturated heterocycles. The molecule has 0 aromatic rings. The van der Waals surface area contributed by atoms with Crippen LogP contribution in [0.3, 0.4) is 0 Å². The second-order valence-corrected chi connectivity index (χ2v) is 20.3. The molecule has 0 radical (unpaired) electrons. The van der Waals surface area contributed by atoms with E-state index in [0.29, 0.717) is 25.9 Å². The Morgan fingerprint density at radius 3 is 1.18 bits per heavy atom. The molecule has 2 atom stereocenters. The van der Waals surface area contributed by atoms with Crippen LogP contribution in [0.1, 0.15) is 316 Å². The van der Waals surface area contributed by atoms with Crippen LogP contribution in [0.2, 0.25) is 0 Å². The third-order valence-corrected chi connectivity index (χ3v) is 13.7. The maximum absolute atomic E-state index is 12.4. The Morgan fingerprint density at radius 2 is 0.746 bits per heavy atom. The van der Waals surface area contributed by atoms with E-state index in [9.17, 15) is 19.8 Å². The Kier molecular flexibility index (Phi) is 55.0. The van der Waals surface area contributed by atoms with Crippen molar-refractivity contribution in [2.45, 2.75) is 328 Å². The normalized spacial score (nSPS) is 12.8. The van der Waals surface area contributed by atoms with Crippen molar-refractivity contribution in [1.29, 1.82) is 0 Å². The van der Waals surface area contributed by atoms with Crippen LogP contribution < -0.4 is 5.32 Å². The summed E-state index contributed by atoms with van der Waals surface area (Å²) in [6, 6.07) is -0.548. The van der Waals surface area contributed by atoms with Gasteiger partial charge in [0.05, 0.1) is 25.4 Å². The highest BCUT2D eigenvalue weighted by Gasteiger charge is 2.20. The molecule has 0 aromatic carbocycles. The summed E-state index contributed by atoms with van der Waals surface area (Å²) in [5.74, 6) is -0.0450. The summed E-state index contributed by atoms with van der Waals surface area (Å²) in [7, 11) is 0. The van der Waals surface area contributed by atoms with Crippen LogP contribution in [0.15, 0.2) is 36.5 Å². The molecular formula is C61H115NO5. The van der Waals surface area contributed by atoms with Crippen LogP contribution >= 0.6 is 0 Å². The van der Waals surface area contributed by atoms with Gasteiger partial charge in [-0.2, -0.15) is 0 Å². The van der Waals surface area contributed by atoms with Gasteiger partial charge in [-0.3, -0.25) is 9.59 Å². The van der Waals surface area contributed by atoms with Gasteiger partial charge in [0.2, 0.25) is 5.91 Å². The highest BCUT2D eigenvalue weighted by molar-refractivity contribution is 5.76. The molecule has 0 heterocycles. The Hall–Kier alpha value is -1.92. The third-order valence-electron chi connectivity index (χ3n) is 13.7. The number of rotatable bonds is 55. The zero-order valence-corrected chi connectivity index (χ0v) is 44.9. The van der Waals surface area contributed by atoms with Gasteiger partial charge in [0.1, 0.15) is 0 Å². The average Bonchev–Trinajstić information content (AvgIpc) is 3.33. The molecule has 0 rings (SSSR count). The summed E-state index contributed by atoms with van der Waals surface area (Å²) < 4.78 is 5.49. The molecule has 1 amide bonds. The van der Waals surface area contributed by atoms with Crippen LogP contribution in [0.4, 0.5) is 0 Å². The van der Waals surface area contributed by atoms with Gasteiger partial charge in [-0.1, -0.05) is 256 Å². The molecule has 0 aliphatic rings. The summed E-state index contributed by atoms with van der Waals surface area (Å²) in [6.45, 7) is 4.92. The van der Waals surface area contributed by atoms with Crippen molar-refractivity contribution in [2.75, 3.05) is 13.2 Å². The van der Waals surface area contributed by atoms with Crippen molar-refractivity contribution in [3.8, 4) is 0 Å². The van der Waals surface area contributed by atoms with Crippen LogP contribution in [-0.4, -0.2) is 47.4 Å². The number of carbonyl (C=O) groups is 2. The van der Waals surface area contributed by atoms with E-state index in [4.69, 9.17) is 4.74 Å². The Morgan fingerprint density at radius 1 is 0.418 bits per heavy atom. The van der Waals surface area contributed by atoms with Gasteiger partial charge in [-0.25, -0.2) is 0 Å². The molecule has 0 saturated carbocycles. The fraction of sp³-hybridized carbons (Fsp3) is 0.869. The van der Waals surface area contributed by atoms with Gasteiger partial charge in [0, 0.05) is 12.8 Å². The van der Waals surface area contributed by atoms with Gasteiger partial charge in [-0.15, -0.1) is 0 Å². The van der Waals surface area contributed by atoms with Gasteiger partial charge < -0.3 is 20.3 Å². The number of ether oxygens (including phenoxy) is 1. The number of aliphatic hydroxyl groups excluding tert-OH is 2. The van der Waals surface area contributed by atoms with E-state index >= 15 is 0 Å². The number of hydrogen-bond acceptors (Lipinski definition) is 5. The Balaban J connectivity index is 3.42. The summed E-state index contributed by atoms with van der Waals surface area (Å²) >= 11 is 0. The number of hydrogen-bond donors (Lipinski definition) is 3. The molecule has 0 aliphatic carbocycles. The molecule has 6 nitrogen and oxygen atoms in total. The third kappa shape index (κ3) is 53.3. The first-order chi connectivity index (χ1) is 33.0. The molecule has 0 aliphatic heterocycles. The number of esters is 1. The molecule has 0 aromatic heterocycles. The van der Waals surface area contributed by atoms with E-state index in [1.54, 1.807) is 0 Å². The minimum absolute atomic E-state index is 0.0000831. The first kappa shape index (κ1) is 65.1. The monoisotopic (exact) mass is 942 g/mol. The number of carbonyl (C=O) groups excluding carboxylic acids is 2. The molecule has 67 heavy (non-hydrogen) atoms. The van der Waals surface area contributed by atoms with E-state index in [1.165, 1.54) is 231 Å². The van der Waals surface area contributed by atoms with Gasteiger partial charge >= 0.3 is 5.97 Å². The van der Waals surface area contributed by atoms with Crippen LogP contribution in [-0.2, 0) is 14.3 Å². The summed E-state index contributed by atoms with van der Waals surface area (Å²) in [5.41, 5.74) is 0. The number of aliphatic hydroxyl groups is 2. The lowest BCUT2D eigenvalue weighted by Gasteiger charge is -2.22. The summed E-state index contributed by atoms with van der Waals surface area (Å²) in [6.07, 6.45) is 70.0. The smallest absolute Gasteiger partial charge is 0.305 e. The van der Waals surface area contributed by atoms with Crippen molar-refractivity contribution in [3.05, 3.63) is 36.5 Å². The summed E-state index contributed by atoms with van der Waals surface area (Å²) in [5, 5.41) is 23.2. The quantitative estimate of drug-likeness (QED) is 0.0321. The number of allylic oxidation sites excluding steroid dienone is 6. The lowest BCUT2D eigenvalue weighted by atomic mass is 10.0. The standard InChI is InChI=1S/C61H115NO5/c1-3-5-7-9-11-13-15-17-18-19-21-25-28-31-35-39-43-47-51-55-61(66)67-56-52-48-44-40-36-32-29-26-23-20-22-24-27-30-34-38-42-46-50-54-60(65)62-58(57-63)59(64)53-49-45-41-37-33-16-14-12-10-8-6-4-2/h11,13,17-18,20,22,58-59,63-64H,3-10,12,14-16,19,21,23-57H2,1-2H3,(H,62,65)/b13-11-,18-17-,22-20-. The zero-order chi connectivity index (χ0) is 48.6. The number of amides is 1. The molecule has 0 spiro atoms. The number of unbranched alkanes of at least 4 members (excludes halogenated alkanes) is 38. The Labute approximate surface area is 417 Å². The van der Waals surface area contributed by atoms with Crippen LogP contribution in [0, 0.1) is 0 Å². The van der Waals surface area contributed by atoms with E-state index in [2.05, 4.69) is 55.6 Å². The van der Waals surface area contributed by atoms with Crippen molar-refractivity contribution in [1.82, 2.24) is 5.32 Å². The lowest BCUT2D eigenvalue weighted by Crippen LogP contribution is -2.45. The predicted octanol–water partition coefficient (Wildman–Crippen LogP) is 18.4. The van der Waals surface area contributed by atoms with E-state index in [-0.39, 0.29) is 18.5 Å². The topological polar surface area (TPSA) is 95.9 Å². The minimum atomic E-state index is -0.670. The van der Waals surface area contributed by atoms with Crippen LogP contribution in [0.5, 0.6) is 0 Å². The van der Waals surface area contributed by atoms with Crippen molar-refractivity contribution in [3.63, 3.8) is 0 Å². The summed E-state index contributed by atoms with van der Waals surface area (Å²) in [4.78, 5) is 24.5. The molecule has 3 N–H and O–H groups in total.